The highest BCUT2D eigenvalue weighted by Gasteiger charge is 2.42. The van der Waals surface area contributed by atoms with Crippen molar-refractivity contribution in [3.05, 3.63) is 0 Å². The van der Waals surface area contributed by atoms with Gasteiger partial charge in [-0.3, -0.25) is 0 Å². The molecule has 2 amide bonds. The molecule has 0 aromatic rings. The third kappa shape index (κ3) is 3.09. The van der Waals surface area contributed by atoms with Gasteiger partial charge in [0.05, 0.1) is 0 Å². The van der Waals surface area contributed by atoms with Crippen molar-refractivity contribution >= 4 is 12.0 Å². The van der Waals surface area contributed by atoms with E-state index in [-0.39, 0.29) is 6.03 Å². The second-order valence-electron chi connectivity index (χ2n) is 4.10. The Morgan fingerprint density at radius 3 is 2.24 bits per heavy atom. The summed E-state index contributed by atoms with van der Waals surface area (Å²) in [4.78, 5) is 24.8. The summed E-state index contributed by atoms with van der Waals surface area (Å²) in [7, 11) is 0. The minimum absolute atomic E-state index is 0.315. The molecule has 1 rings (SSSR count). The molecule has 1 aliphatic heterocycles. The van der Waals surface area contributed by atoms with Gasteiger partial charge >= 0.3 is 12.0 Å². The van der Waals surface area contributed by atoms with E-state index >= 15 is 0 Å². The van der Waals surface area contributed by atoms with E-state index in [1.807, 2.05) is 13.8 Å². The summed E-state index contributed by atoms with van der Waals surface area (Å²) in [5.74, 6) is -0.985. The zero-order valence-corrected chi connectivity index (χ0v) is 10.4. The Labute approximate surface area is 101 Å². The molecule has 1 heterocycles. The number of carbonyl (C=O) groups is 2. The molecule has 0 aromatic carbocycles. The van der Waals surface area contributed by atoms with Crippen molar-refractivity contribution in [2.45, 2.75) is 32.2 Å². The lowest BCUT2D eigenvalue weighted by Crippen LogP contribution is -2.60. The molecular formula is C11H20N2O4. The number of hydrogen-bond donors (Lipinski definition) is 2. The fourth-order valence-electron chi connectivity index (χ4n) is 1.91. The lowest BCUT2D eigenvalue weighted by atomic mass is 9.90. The Balaban J connectivity index is 2.73. The van der Waals surface area contributed by atoms with Crippen LogP contribution in [0.15, 0.2) is 0 Å². The third-order valence-corrected chi connectivity index (χ3v) is 3.15. The normalized spacial score (nSPS) is 18.5. The maximum absolute atomic E-state index is 11.9. The van der Waals surface area contributed by atoms with E-state index in [9.17, 15) is 14.7 Å². The number of nitrogens with one attached hydrogen (secondary N) is 1. The number of urea groups is 1. The summed E-state index contributed by atoms with van der Waals surface area (Å²) >= 11 is 0. The highest BCUT2D eigenvalue weighted by molar-refractivity contribution is 5.86. The van der Waals surface area contributed by atoms with Crippen LogP contribution in [0.4, 0.5) is 4.79 Å². The molecule has 17 heavy (non-hydrogen) atoms. The average Bonchev–Trinajstić information content (AvgIpc) is 2.31. The van der Waals surface area contributed by atoms with E-state index < -0.39 is 11.5 Å². The second kappa shape index (κ2) is 5.86. The van der Waals surface area contributed by atoms with E-state index in [4.69, 9.17) is 4.74 Å². The van der Waals surface area contributed by atoms with E-state index in [1.54, 1.807) is 4.90 Å². The van der Waals surface area contributed by atoms with Crippen LogP contribution in [0.3, 0.4) is 0 Å². The van der Waals surface area contributed by atoms with E-state index in [2.05, 4.69) is 5.32 Å². The lowest BCUT2D eigenvalue weighted by Gasteiger charge is -2.35. The number of carboxylic acid groups (broad SMARTS) is 1. The van der Waals surface area contributed by atoms with Gasteiger partial charge in [-0.2, -0.15) is 0 Å². The molecule has 0 unspecified atom stereocenters. The first-order valence-electron chi connectivity index (χ1n) is 5.94. The largest absolute Gasteiger partial charge is 0.480 e. The quantitative estimate of drug-likeness (QED) is 0.762. The summed E-state index contributed by atoms with van der Waals surface area (Å²) < 4.78 is 5.14. The molecule has 0 radical (unpaired) electrons. The number of hydrogen-bond acceptors (Lipinski definition) is 3. The Morgan fingerprint density at radius 1 is 1.29 bits per heavy atom. The van der Waals surface area contributed by atoms with Crippen LogP contribution in [-0.4, -0.2) is 53.8 Å². The maximum atomic E-state index is 11.9. The van der Waals surface area contributed by atoms with Gasteiger partial charge in [-0.05, 0) is 13.8 Å². The van der Waals surface area contributed by atoms with Crippen molar-refractivity contribution in [1.29, 1.82) is 0 Å². The van der Waals surface area contributed by atoms with Gasteiger partial charge in [-0.15, -0.1) is 0 Å². The molecule has 1 saturated heterocycles. The number of carboxylic acids is 1. The predicted molar refractivity (Wildman–Crippen MR) is 61.9 cm³/mol. The van der Waals surface area contributed by atoms with Gasteiger partial charge in [0.25, 0.3) is 0 Å². The van der Waals surface area contributed by atoms with E-state index in [0.717, 1.165) is 0 Å². The molecule has 6 nitrogen and oxygen atoms in total. The number of aliphatic carboxylic acids is 1. The Hall–Kier alpha value is -1.30. The van der Waals surface area contributed by atoms with Crippen LogP contribution < -0.4 is 5.32 Å². The molecule has 0 aliphatic carbocycles. The summed E-state index contributed by atoms with van der Waals surface area (Å²) in [5, 5.41) is 11.9. The Bertz CT molecular complexity index is 283. The lowest BCUT2D eigenvalue weighted by molar-refractivity contribution is -0.148. The first kappa shape index (κ1) is 13.8. The second-order valence-corrected chi connectivity index (χ2v) is 4.10. The summed E-state index contributed by atoms with van der Waals surface area (Å²) in [6, 6.07) is -0.320. The zero-order valence-electron chi connectivity index (χ0n) is 10.4. The highest BCUT2D eigenvalue weighted by Crippen LogP contribution is 2.21. The van der Waals surface area contributed by atoms with Crippen LogP contribution in [0, 0.1) is 0 Å². The number of ether oxygens (including phenoxy) is 1. The predicted octanol–water partition coefficient (Wildman–Crippen LogP) is 0.672. The molecule has 0 spiro atoms. The molecule has 0 aromatic heterocycles. The fraction of sp³-hybridized carbons (Fsp3) is 0.818. The molecule has 0 saturated carbocycles. The summed E-state index contributed by atoms with van der Waals surface area (Å²) in [5.41, 5.74) is -1.17. The third-order valence-electron chi connectivity index (χ3n) is 3.15. The van der Waals surface area contributed by atoms with Gasteiger partial charge in [0.1, 0.15) is 5.54 Å². The number of rotatable bonds is 4. The molecule has 6 heteroatoms. The van der Waals surface area contributed by atoms with E-state index in [1.165, 1.54) is 0 Å². The topological polar surface area (TPSA) is 78.9 Å². The monoisotopic (exact) mass is 244 g/mol. The van der Waals surface area contributed by atoms with Crippen molar-refractivity contribution in [3.63, 3.8) is 0 Å². The number of amides is 2. The first-order valence-corrected chi connectivity index (χ1v) is 5.94. The molecule has 1 aliphatic rings. The maximum Gasteiger partial charge on any atom is 0.329 e. The smallest absolute Gasteiger partial charge is 0.329 e. The first-order chi connectivity index (χ1) is 8.05. The minimum atomic E-state index is -1.17. The van der Waals surface area contributed by atoms with Crippen molar-refractivity contribution in [2.24, 2.45) is 0 Å². The van der Waals surface area contributed by atoms with Gasteiger partial charge < -0.3 is 20.1 Å². The van der Waals surface area contributed by atoms with Crippen molar-refractivity contribution in [1.82, 2.24) is 10.2 Å². The molecule has 1 fully saturated rings. The van der Waals surface area contributed by atoms with Crippen molar-refractivity contribution in [3.8, 4) is 0 Å². The fourth-order valence-corrected chi connectivity index (χ4v) is 1.91. The Kier molecular flexibility index (Phi) is 4.74. The van der Waals surface area contributed by atoms with Gasteiger partial charge in [0.2, 0.25) is 0 Å². The van der Waals surface area contributed by atoms with Crippen LogP contribution >= 0.6 is 0 Å². The summed E-state index contributed by atoms with van der Waals surface area (Å²) in [6.45, 7) is 5.58. The molecular weight excluding hydrogens is 224 g/mol. The van der Waals surface area contributed by atoms with Crippen molar-refractivity contribution < 1.29 is 19.4 Å². The Morgan fingerprint density at radius 2 is 1.82 bits per heavy atom. The zero-order chi connectivity index (χ0) is 12.9. The highest BCUT2D eigenvalue weighted by atomic mass is 16.5. The van der Waals surface area contributed by atoms with Gasteiger partial charge in [0, 0.05) is 39.1 Å². The SMILES string of the molecule is CCN(CC)C(=O)NC1(C(=O)O)CCOCC1. The molecule has 0 atom stereocenters. The van der Waals surface area contributed by atoms with Crippen LogP contribution in [0.2, 0.25) is 0 Å². The van der Waals surface area contributed by atoms with Crippen molar-refractivity contribution in [2.75, 3.05) is 26.3 Å². The van der Waals surface area contributed by atoms with Crippen LogP contribution in [0.1, 0.15) is 26.7 Å². The van der Waals surface area contributed by atoms with Gasteiger partial charge in [-0.1, -0.05) is 0 Å². The summed E-state index contributed by atoms with van der Waals surface area (Å²) in [6.07, 6.45) is 0.630. The van der Waals surface area contributed by atoms with Gasteiger partial charge in [-0.25, -0.2) is 9.59 Å². The molecule has 0 bridgehead atoms. The average molecular weight is 244 g/mol. The van der Waals surface area contributed by atoms with E-state index in [0.29, 0.717) is 39.1 Å². The van der Waals surface area contributed by atoms with Crippen LogP contribution in [-0.2, 0) is 9.53 Å². The number of nitrogens with zero attached hydrogens (tertiary/aromatic N) is 1. The standard InChI is InChI=1S/C11H20N2O4/c1-3-13(4-2)10(16)12-11(9(14)15)5-7-17-8-6-11/h3-8H2,1-2H3,(H,12,16)(H,14,15). The molecule has 2 N–H and O–H groups in total. The van der Waals surface area contributed by atoms with Crippen LogP contribution in [0.5, 0.6) is 0 Å². The minimum Gasteiger partial charge on any atom is -0.480 e. The van der Waals surface area contributed by atoms with Crippen LogP contribution in [0.25, 0.3) is 0 Å². The number of carbonyl (C=O) groups excluding carboxylic acids is 1. The molecule has 98 valence electrons. The van der Waals surface area contributed by atoms with Gasteiger partial charge in [0.15, 0.2) is 0 Å².